The number of aliphatic imine (C=N–C) groups is 1. The molecule has 0 aromatic heterocycles. The van der Waals surface area contributed by atoms with Gasteiger partial charge in [-0.3, -0.25) is 4.99 Å². The van der Waals surface area contributed by atoms with Crippen LogP contribution in [-0.2, 0) is 19.4 Å². The highest BCUT2D eigenvalue weighted by Gasteiger charge is 2.14. The second kappa shape index (κ2) is 7.99. The monoisotopic (exact) mass is 371 g/mol. The fraction of sp³-hybridized carbons (Fsp3) is 0.240. The van der Waals surface area contributed by atoms with E-state index in [0.717, 1.165) is 27.4 Å². The molecule has 0 N–H and O–H groups in total. The summed E-state index contributed by atoms with van der Waals surface area (Å²) in [6, 6.07) is 12.7. The lowest BCUT2D eigenvalue weighted by Crippen LogP contribution is -2.08. The van der Waals surface area contributed by atoms with E-state index in [0.29, 0.717) is 6.54 Å². The Hall–Kier alpha value is -2.56. The van der Waals surface area contributed by atoms with Crippen molar-refractivity contribution in [2.45, 2.75) is 39.2 Å². The van der Waals surface area contributed by atoms with Crippen LogP contribution in [0.25, 0.3) is 0 Å². The fourth-order valence-corrected chi connectivity index (χ4v) is 3.99. The number of hydrogen-bond acceptors (Lipinski definition) is 1. The zero-order valence-corrected chi connectivity index (χ0v) is 16.3. The summed E-state index contributed by atoms with van der Waals surface area (Å²) < 4.78 is 0. The van der Waals surface area contributed by atoms with Gasteiger partial charge in [-0.05, 0) is 73.6 Å². The molecule has 2 aromatic rings. The summed E-state index contributed by atoms with van der Waals surface area (Å²) in [7, 11) is 0. The fourth-order valence-electron chi connectivity index (χ4n) is 3.76. The predicted molar refractivity (Wildman–Crippen MR) is 115 cm³/mol. The maximum atomic E-state index is 6.46. The molecular weight excluding hydrogens is 350 g/mol. The molecule has 0 spiro atoms. The van der Waals surface area contributed by atoms with Crippen LogP contribution in [0.1, 0.15) is 47.6 Å². The summed E-state index contributed by atoms with van der Waals surface area (Å²) in [5, 5.41) is 0.722. The standard InChI is InChI=1S/C25H22ClN/c1-18-8-3-2-4-10-20-12-7-13-24(26)23(20)17-27-25(18)22-15-14-19-9-5-6-11-21(19)16-22/h2-3,7-8,12-16H,5-6,9,11,17H2,1H3/b3-2-,18-8?,27-25?. The topological polar surface area (TPSA) is 12.4 Å². The van der Waals surface area contributed by atoms with Gasteiger partial charge in [0.15, 0.2) is 0 Å². The van der Waals surface area contributed by atoms with Crippen LogP contribution in [0.15, 0.2) is 65.2 Å². The Balaban J connectivity index is 1.80. The minimum Gasteiger partial charge on any atom is -0.280 e. The molecule has 0 radical (unpaired) electrons. The summed E-state index contributed by atoms with van der Waals surface area (Å²) >= 11 is 6.46. The highest BCUT2D eigenvalue weighted by Crippen LogP contribution is 2.25. The third-order valence-electron chi connectivity index (χ3n) is 5.24. The number of fused-ring (bicyclic) bond motifs is 2. The van der Waals surface area contributed by atoms with Crippen LogP contribution in [0.5, 0.6) is 0 Å². The van der Waals surface area contributed by atoms with Crippen molar-refractivity contribution < 1.29 is 0 Å². The van der Waals surface area contributed by atoms with Crippen molar-refractivity contribution in [1.29, 1.82) is 0 Å². The molecule has 27 heavy (non-hydrogen) atoms. The largest absolute Gasteiger partial charge is 0.280 e. The lowest BCUT2D eigenvalue weighted by Gasteiger charge is -2.17. The van der Waals surface area contributed by atoms with Gasteiger partial charge in [-0.25, -0.2) is 0 Å². The maximum absolute atomic E-state index is 6.46. The SMILES string of the molecule is CC1=C/C=C\C#Cc2cccc(Cl)c2CN=C1c1ccc2c(c1)CCCC2. The molecule has 4 rings (SSSR count). The van der Waals surface area contributed by atoms with Gasteiger partial charge in [-0.2, -0.15) is 0 Å². The highest BCUT2D eigenvalue weighted by molar-refractivity contribution is 6.31. The number of allylic oxidation sites excluding steroid dienone is 4. The number of nitrogens with zero attached hydrogens (tertiary/aromatic N) is 1. The van der Waals surface area contributed by atoms with Crippen LogP contribution in [-0.4, -0.2) is 5.71 Å². The van der Waals surface area contributed by atoms with Gasteiger partial charge in [0.1, 0.15) is 0 Å². The van der Waals surface area contributed by atoms with Gasteiger partial charge in [0.25, 0.3) is 0 Å². The van der Waals surface area contributed by atoms with Crippen LogP contribution < -0.4 is 0 Å². The molecule has 0 saturated carbocycles. The summed E-state index contributed by atoms with van der Waals surface area (Å²) in [6.07, 6.45) is 10.9. The molecule has 0 bridgehead atoms. The van der Waals surface area contributed by atoms with E-state index in [-0.39, 0.29) is 0 Å². The summed E-state index contributed by atoms with van der Waals surface area (Å²) in [5.74, 6) is 6.29. The maximum Gasteiger partial charge on any atom is 0.0679 e. The van der Waals surface area contributed by atoms with E-state index in [1.165, 1.54) is 42.4 Å². The first kappa shape index (κ1) is 17.8. The van der Waals surface area contributed by atoms with E-state index in [1.54, 1.807) is 0 Å². The van der Waals surface area contributed by atoms with E-state index < -0.39 is 0 Å². The molecule has 1 aliphatic carbocycles. The molecule has 134 valence electrons. The Labute approximate surface area is 166 Å². The number of rotatable bonds is 1. The molecule has 1 aliphatic heterocycles. The molecular formula is C25H22ClN. The van der Waals surface area contributed by atoms with Crippen LogP contribution in [0.3, 0.4) is 0 Å². The molecule has 0 fully saturated rings. The Morgan fingerprint density at radius 2 is 1.89 bits per heavy atom. The molecule has 2 heteroatoms. The van der Waals surface area contributed by atoms with Crippen molar-refractivity contribution in [2.24, 2.45) is 4.99 Å². The Kier molecular flexibility index (Phi) is 5.28. The second-order valence-electron chi connectivity index (χ2n) is 7.10. The molecule has 2 aromatic carbocycles. The molecule has 2 aliphatic rings. The minimum absolute atomic E-state index is 0.529. The van der Waals surface area contributed by atoms with Crippen molar-refractivity contribution in [3.05, 3.63) is 93.0 Å². The van der Waals surface area contributed by atoms with Crippen molar-refractivity contribution in [3.8, 4) is 11.8 Å². The smallest absolute Gasteiger partial charge is 0.0679 e. The van der Waals surface area contributed by atoms with Gasteiger partial charge >= 0.3 is 0 Å². The van der Waals surface area contributed by atoms with Crippen molar-refractivity contribution >= 4 is 17.3 Å². The van der Waals surface area contributed by atoms with Crippen LogP contribution in [0.2, 0.25) is 5.02 Å². The zero-order valence-electron chi connectivity index (χ0n) is 15.6. The normalized spacial score (nSPS) is 17.3. The van der Waals surface area contributed by atoms with Gasteiger partial charge in [0.05, 0.1) is 12.3 Å². The average Bonchev–Trinajstić information content (AvgIpc) is 2.72. The molecule has 1 nitrogen and oxygen atoms in total. The van der Waals surface area contributed by atoms with Crippen LogP contribution in [0.4, 0.5) is 0 Å². The van der Waals surface area contributed by atoms with E-state index in [4.69, 9.17) is 16.6 Å². The number of halogens is 1. The minimum atomic E-state index is 0.529. The first-order valence-electron chi connectivity index (χ1n) is 9.52. The van der Waals surface area contributed by atoms with Crippen molar-refractivity contribution in [3.63, 3.8) is 0 Å². The van der Waals surface area contributed by atoms with Crippen molar-refractivity contribution in [2.75, 3.05) is 0 Å². The average molecular weight is 372 g/mol. The predicted octanol–water partition coefficient (Wildman–Crippen LogP) is 6.08. The van der Waals surface area contributed by atoms with Crippen molar-refractivity contribution in [1.82, 2.24) is 0 Å². The molecule has 0 saturated heterocycles. The van der Waals surface area contributed by atoms with E-state index >= 15 is 0 Å². The molecule has 1 heterocycles. The third-order valence-corrected chi connectivity index (χ3v) is 5.60. The summed E-state index contributed by atoms with van der Waals surface area (Å²) in [6.45, 7) is 2.64. The van der Waals surface area contributed by atoms with Gasteiger partial charge in [-0.1, -0.05) is 53.8 Å². The molecule has 0 atom stereocenters. The number of aryl methyl sites for hydroxylation is 2. The third kappa shape index (κ3) is 3.92. The first-order chi connectivity index (χ1) is 13.2. The zero-order chi connectivity index (χ0) is 18.6. The van der Waals surface area contributed by atoms with E-state index in [1.807, 2.05) is 30.4 Å². The number of benzene rings is 2. The second-order valence-corrected chi connectivity index (χ2v) is 7.51. The quantitative estimate of drug-likeness (QED) is 0.539. The van der Waals surface area contributed by atoms with Crippen LogP contribution in [0, 0.1) is 11.8 Å². The Morgan fingerprint density at radius 3 is 2.78 bits per heavy atom. The summed E-state index contributed by atoms with van der Waals surface area (Å²) in [4.78, 5) is 4.99. The van der Waals surface area contributed by atoms with Gasteiger partial charge in [0, 0.05) is 21.7 Å². The van der Waals surface area contributed by atoms with Gasteiger partial charge in [-0.15, -0.1) is 0 Å². The number of hydrogen-bond donors (Lipinski definition) is 0. The highest BCUT2D eigenvalue weighted by atomic mass is 35.5. The summed E-state index contributed by atoms with van der Waals surface area (Å²) in [5.41, 5.74) is 8.25. The van der Waals surface area contributed by atoms with Crippen LogP contribution >= 0.6 is 11.6 Å². The van der Waals surface area contributed by atoms with Gasteiger partial charge in [0.2, 0.25) is 0 Å². The van der Waals surface area contributed by atoms with E-state index in [9.17, 15) is 0 Å². The Bertz CT molecular complexity index is 1030. The lowest BCUT2D eigenvalue weighted by molar-refractivity contribution is 0.685. The van der Waals surface area contributed by atoms with E-state index in [2.05, 4.69) is 43.0 Å². The van der Waals surface area contributed by atoms with Gasteiger partial charge < -0.3 is 0 Å². The molecule has 0 unspecified atom stereocenters. The Morgan fingerprint density at radius 1 is 1.04 bits per heavy atom. The lowest BCUT2D eigenvalue weighted by atomic mass is 9.89. The first-order valence-corrected chi connectivity index (χ1v) is 9.89. The molecule has 0 amide bonds.